The van der Waals surface area contributed by atoms with Crippen molar-refractivity contribution in [2.45, 2.75) is 33.2 Å². The molecule has 120 valence electrons. The van der Waals surface area contributed by atoms with Gasteiger partial charge in [0.25, 0.3) is 5.91 Å². The lowest BCUT2D eigenvalue weighted by Gasteiger charge is -2.13. The van der Waals surface area contributed by atoms with Crippen molar-refractivity contribution in [2.24, 2.45) is 0 Å². The van der Waals surface area contributed by atoms with Crippen LogP contribution in [0, 0.1) is 0 Å². The Hall–Kier alpha value is -2.37. The topological polar surface area (TPSA) is 84.5 Å². The van der Waals surface area contributed by atoms with Crippen molar-refractivity contribution in [3.63, 3.8) is 0 Å². The number of hydrogen-bond donors (Lipinski definition) is 2. The summed E-state index contributed by atoms with van der Waals surface area (Å²) in [4.78, 5) is 34.9. The van der Waals surface area contributed by atoms with Crippen molar-refractivity contribution >= 4 is 17.8 Å². The zero-order valence-electron chi connectivity index (χ0n) is 13.1. The minimum absolute atomic E-state index is 0.280. The third kappa shape index (κ3) is 5.55. The number of aryl methyl sites for hydroxylation is 1. The highest BCUT2D eigenvalue weighted by Gasteiger charge is 2.16. The van der Waals surface area contributed by atoms with Crippen molar-refractivity contribution in [2.75, 3.05) is 13.2 Å². The first kappa shape index (κ1) is 17.7. The third-order valence-corrected chi connectivity index (χ3v) is 3.05. The van der Waals surface area contributed by atoms with E-state index in [0.717, 1.165) is 12.0 Å². The molecule has 6 heteroatoms. The van der Waals surface area contributed by atoms with Gasteiger partial charge in [0.15, 0.2) is 6.61 Å². The van der Waals surface area contributed by atoms with E-state index in [2.05, 4.69) is 10.6 Å². The zero-order chi connectivity index (χ0) is 16.5. The fourth-order valence-corrected chi connectivity index (χ4v) is 1.77. The lowest BCUT2D eigenvalue weighted by atomic mass is 10.1. The molecule has 6 nitrogen and oxygen atoms in total. The van der Waals surface area contributed by atoms with Crippen LogP contribution < -0.4 is 10.6 Å². The molecule has 0 unspecified atom stereocenters. The molecule has 0 saturated heterocycles. The standard InChI is InChI=1S/C16H22N2O4/c1-4-12-6-8-13(9-7-12)16(21)22-10-14(19)18-11(3)15(20)17-5-2/h6-9,11H,4-5,10H2,1-3H3,(H,17,20)(H,18,19)/t11-/m1/s1. The predicted octanol–water partition coefficient (Wildman–Crippen LogP) is 1.05. The minimum Gasteiger partial charge on any atom is -0.452 e. The molecule has 1 aromatic rings. The molecule has 22 heavy (non-hydrogen) atoms. The van der Waals surface area contributed by atoms with Crippen LogP contribution in [-0.2, 0) is 20.7 Å². The van der Waals surface area contributed by atoms with E-state index >= 15 is 0 Å². The number of carbonyl (C=O) groups excluding carboxylic acids is 3. The maximum absolute atomic E-state index is 11.8. The van der Waals surface area contributed by atoms with Crippen LogP contribution in [0.5, 0.6) is 0 Å². The summed E-state index contributed by atoms with van der Waals surface area (Å²) in [6, 6.07) is 6.34. The average molecular weight is 306 g/mol. The first-order valence-electron chi connectivity index (χ1n) is 7.31. The molecule has 0 aromatic heterocycles. The summed E-state index contributed by atoms with van der Waals surface area (Å²) in [5.41, 5.74) is 1.51. The second kappa shape index (κ2) is 8.81. The van der Waals surface area contributed by atoms with E-state index in [1.165, 1.54) is 0 Å². The number of benzene rings is 1. The molecule has 0 aliphatic rings. The summed E-state index contributed by atoms with van der Waals surface area (Å²) in [5.74, 6) is -1.36. The number of rotatable bonds is 7. The van der Waals surface area contributed by atoms with Gasteiger partial charge in [0, 0.05) is 6.54 Å². The maximum Gasteiger partial charge on any atom is 0.338 e. The van der Waals surface area contributed by atoms with Crippen molar-refractivity contribution in [1.82, 2.24) is 10.6 Å². The smallest absolute Gasteiger partial charge is 0.338 e. The first-order valence-corrected chi connectivity index (χ1v) is 7.31. The number of ether oxygens (including phenoxy) is 1. The first-order chi connectivity index (χ1) is 10.5. The SMILES string of the molecule is CCNC(=O)[C@@H](C)NC(=O)COC(=O)c1ccc(CC)cc1. The van der Waals surface area contributed by atoms with Crippen molar-refractivity contribution in [3.05, 3.63) is 35.4 Å². The molecule has 1 rings (SSSR count). The van der Waals surface area contributed by atoms with Gasteiger partial charge in [-0.05, 0) is 38.0 Å². The minimum atomic E-state index is -0.671. The Labute approximate surface area is 130 Å². The summed E-state index contributed by atoms with van der Waals surface area (Å²) in [7, 11) is 0. The summed E-state index contributed by atoms with van der Waals surface area (Å²) >= 11 is 0. The molecule has 0 bridgehead atoms. The molecule has 0 radical (unpaired) electrons. The lowest BCUT2D eigenvalue weighted by Crippen LogP contribution is -2.46. The van der Waals surface area contributed by atoms with E-state index in [0.29, 0.717) is 12.1 Å². The van der Waals surface area contributed by atoms with Gasteiger partial charge < -0.3 is 15.4 Å². The Morgan fingerprint density at radius 1 is 1.14 bits per heavy atom. The number of nitrogens with one attached hydrogen (secondary N) is 2. The van der Waals surface area contributed by atoms with Crippen LogP contribution in [0.1, 0.15) is 36.7 Å². The van der Waals surface area contributed by atoms with E-state index in [1.54, 1.807) is 26.0 Å². The second-order valence-electron chi connectivity index (χ2n) is 4.81. The molecule has 0 aliphatic heterocycles. The van der Waals surface area contributed by atoms with Crippen molar-refractivity contribution in [3.8, 4) is 0 Å². The van der Waals surface area contributed by atoms with Crippen LogP contribution in [0.25, 0.3) is 0 Å². The Bertz CT molecular complexity index is 525. The second-order valence-corrected chi connectivity index (χ2v) is 4.81. The summed E-state index contributed by atoms with van der Waals surface area (Å²) in [6.07, 6.45) is 0.884. The van der Waals surface area contributed by atoms with Gasteiger partial charge in [-0.2, -0.15) is 0 Å². The van der Waals surface area contributed by atoms with E-state index < -0.39 is 24.5 Å². The van der Waals surface area contributed by atoms with Gasteiger partial charge in [-0.1, -0.05) is 19.1 Å². The van der Waals surface area contributed by atoms with Gasteiger partial charge in [-0.15, -0.1) is 0 Å². The highest BCUT2D eigenvalue weighted by Crippen LogP contribution is 2.06. The van der Waals surface area contributed by atoms with Crippen molar-refractivity contribution < 1.29 is 19.1 Å². The molecule has 0 fully saturated rings. The van der Waals surface area contributed by atoms with E-state index in [-0.39, 0.29) is 5.91 Å². The van der Waals surface area contributed by atoms with E-state index in [1.807, 2.05) is 19.1 Å². The predicted molar refractivity (Wildman–Crippen MR) is 82.4 cm³/mol. The van der Waals surface area contributed by atoms with Gasteiger partial charge in [0.1, 0.15) is 6.04 Å². The van der Waals surface area contributed by atoms with Crippen LogP contribution in [0.2, 0.25) is 0 Å². The van der Waals surface area contributed by atoms with Crippen molar-refractivity contribution in [1.29, 1.82) is 0 Å². The van der Waals surface area contributed by atoms with Crippen LogP contribution in [-0.4, -0.2) is 37.0 Å². The molecule has 1 atom stereocenters. The Morgan fingerprint density at radius 2 is 1.77 bits per heavy atom. The molecule has 0 saturated carbocycles. The normalized spacial score (nSPS) is 11.4. The highest BCUT2D eigenvalue weighted by molar-refractivity contribution is 5.92. The van der Waals surface area contributed by atoms with Crippen LogP contribution >= 0.6 is 0 Å². The zero-order valence-corrected chi connectivity index (χ0v) is 13.1. The van der Waals surface area contributed by atoms with Gasteiger partial charge >= 0.3 is 5.97 Å². The quantitative estimate of drug-likeness (QED) is 0.737. The molecule has 0 heterocycles. The Kier molecular flexibility index (Phi) is 7.08. The van der Waals surface area contributed by atoms with Gasteiger partial charge in [-0.3, -0.25) is 9.59 Å². The van der Waals surface area contributed by atoms with Crippen LogP contribution in [0.15, 0.2) is 24.3 Å². The fourth-order valence-electron chi connectivity index (χ4n) is 1.77. The molecular weight excluding hydrogens is 284 g/mol. The maximum atomic E-state index is 11.8. The van der Waals surface area contributed by atoms with Gasteiger partial charge in [0.2, 0.25) is 5.91 Å². The fraction of sp³-hybridized carbons (Fsp3) is 0.438. The van der Waals surface area contributed by atoms with Crippen LogP contribution in [0.4, 0.5) is 0 Å². The average Bonchev–Trinajstić information content (AvgIpc) is 2.52. The summed E-state index contributed by atoms with van der Waals surface area (Å²) in [5, 5.41) is 5.05. The molecule has 0 spiro atoms. The number of likely N-dealkylation sites (N-methyl/N-ethyl adjacent to an activating group) is 1. The molecule has 1 aromatic carbocycles. The Morgan fingerprint density at radius 3 is 2.32 bits per heavy atom. The van der Waals surface area contributed by atoms with Gasteiger partial charge in [0.05, 0.1) is 5.56 Å². The Balaban J connectivity index is 2.42. The summed E-state index contributed by atoms with van der Waals surface area (Å²) in [6.45, 7) is 5.44. The molecule has 2 amide bonds. The number of esters is 1. The van der Waals surface area contributed by atoms with Gasteiger partial charge in [-0.25, -0.2) is 4.79 Å². The largest absolute Gasteiger partial charge is 0.452 e. The molecular formula is C16H22N2O4. The van der Waals surface area contributed by atoms with Crippen LogP contribution in [0.3, 0.4) is 0 Å². The molecule has 0 aliphatic carbocycles. The summed E-state index contributed by atoms with van der Waals surface area (Å²) < 4.78 is 4.92. The molecule has 2 N–H and O–H groups in total. The van der Waals surface area contributed by atoms with E-state index in [9.17, 15) is 14.4 Å². The monoisotopic (exact) mass is 306 g/mol. The number of amides is 2. The highest BCUT2D eigenvalue weighted by atomic mass is 16.5. The van der Waals surface area contributed by atoms with E-state index in [4.69, 9.17) is 4.74 Å². The lowest BCUT2D eigenvalue weighted by molar-refractivity contribution is -0.130. The number of carbonyl (C=O) groups is 3. The third-order valence-electron chi connectivity index (χ3n) is 3.05. The number of hydrogen-bond acceptors (Lipinski definition) is 4.